The van der Waals surface area contributed by atoms with E-state index in [1.54, 1.807) is 0 Å². The summed E-state index contributed by atoms with van der Waals surface area (Å²) in [6.07, 6.45) is 0.866. The quantitative estimate of drug-likeness (QED) is 0.687. The average Bonchev–Trinajstić information content (AvgIpc) is 1.58. The molecule has 0 radical (unpaired) electrons. The zero-order valence-electron chi connectivity index (χ0n) is 6.91. The number of carboxylic acid groups (broad SMARTS) is 1. The molecule has 0 fully saturated rings. The van der Waals surface area contributed by atoms with Crippen LogP contribution in [0.4, 0.5) is 0 Å². The molecule has 11 heavy (non-hydrogen) atoms. The highest BCUT2D eigenvalue weighted by Gasteiger charge is 2.08. The van der Waals surface area contributed by atoms with E-state index in [2.05, 4.69) is 0 Å². The molecule has 0 aromatic rings. The SMILES string of the molecule is CC(C)C[C@@H](N)CC(=O)O.Cl. The molecule has 0 aromatic carbocycles. The predicted octanol–water partition coefficient (Wildman–Crippen LogP) is 1.26. The lowest BCUT2D eigenvalue weighted by molar-refractivity contribution is -0.137. The van der Waals surface area contributed by atoms with Crippen molar-refractivity contribution in [2.75, 3.05) is 0 Å². The number of halogens is 1. The Morgan fingerprint density at radius 3 is 2.27 bits per heavy atom. The van der Waals surface area contributed by atoms with Crippen molar-refractivity contribution in [3.63, 3.8) is 0 Å². The second-order valence-electron chi connectivity index (χ2n) is 2.99. The molecular weight excluding hydrogens is 166 g/mol. The monoisotopic (exact) mass is 181 g/mol. The molecule has 0 aliphatic heterocycles. The lowest BCUT2D eigenvalue weighted by Crippen LogP contribution is -2.25. The highest BCUT2D eigenvalue weighted by Crippen LogP contribution is 2.04. The molecule has 0 unspecified atom stereocenters. The van der Waals surface area contributed by atoms with Crippen molar-refractivity contribution >= 4 is 18.4 Å². The zero-order valence-corrected chi connectivity index (χ0v) is 7.73. The number of carboxylic acids is 1. The molecule has 0 aromatic heterocycles. The minimum absolute atomic E-state index is 0. The van der Waals surface area contributed by atoms with E-state index in [0.717, 1.165) is 6.42 Å². The van der Waals surface area contributed by atoms with Crippen molar-refractivity contribution in [1.29, 1.82) is 0 Å². The fourth-order valence-electron chi connectivity index (χ4n) is 0.913. The average molecular weight is 182 g/mol. The van der Waals surface area contributed by atoms with Gasteiger partial charge >= 0.3 is 5.97 Å². The first-order valence-corrected chi connectivity index (χ1v) is 3.49. The van der Waals surface area contributed by atoms with Gasteiger partial charge in [0.2, 0.25) is 0 Å². The van der Waals surface area contributed by atoms with Gasteiger partial charge in [-0.15, -0.1) is 12.4 Å². The summed E-state index contributed by atoms with van der Waals surface area (Å²) in [5.74, 6) is -0.331. The Morgan fingerprint density at radius 2 is 2.00 bits per heavy atom. The summed E-state index contributed by atoms with van der Waals surface area (Å²) < 4.78 is 0. The summed E-state index contributed by atoms with van der Waals surface area (Å²) in [6.45, 7) is 4.06. The number of hydrogen-bond donors (Lipinski definition) is 2. The summed E-state index contributed by atoms with van der Waals surface area (Å²) in [7, 11) is 0. The summed E-state index contributed by atoms with van der Waals surface area (Å²) in [4.78, 5) is 10.1. The maximum atomic E-state index is 10.1. The van der Waals surface area contributed by atoms with Crippen LogP contribution in [0.5, 0.6) is 0 Å². The second kappa shape index (κ2) is 6.43. The fourth-order valence-corrected chi connectivity index (χ4v) is 0.913. The van der Waals surface area contributed by atoms with Gasteiger partial charge in [0.05, 0.1) is 6.42 Å². The normalized spacial score (nSPS) is 12.4. The third-order valence-electron chi connectivity index (χ3n) is 1.21. The van der Waals surface area contributed by atoms with Gasteiger partial charge < -0.3 is 10.8 Å². The topological polar surface area (TPSA) is 63.3 Å². The van der Waals surface area contributed by atoms with Gasteiger partial charge in [0.1, 0.15) is 0 Å². The Hall–Kier alpha value is -0.280. The molecule has 68 valence electrons. The van der Waals surface area contributed by atoms with Crippen LogP contribution in [0, 0.1) is 5.92 Å². The highest BCUT2D eigenvalue weighted by molar-refractivity contribution is 5.85. The smallest absolute Gasteiger partial charge is 0.304 e. The minimum Gasteiger partial charge on any atom is -0.481 e. The molecular formula is C7H16ClNO2. The van der Waals surface area contributed by atoms with Crippen LogP contribution in [0.1, 0.15) is 26.7 Å². The van der Waals surface area contributed by atoms with Crippen molar-refractivity contribution in [3.05, 3.63) is 0 Å². The number of carbonyl (C=O) groups is 1. The summed E-state index contributed by atoms with van der Waals surface area (Å²) in [5, 5.41) is 8.32. The maximum Gasteiger partial charge on any atom is 0.304 e. The Balaban J connectivity index is 0. The van der Waals surface area contributed by atoms with E-state index in [1.807, 2.05) is 13.8 Å². The van der Waals surface area contributed by atoms with Crippen LogP contribution < -0.4 is 5.73 Å². The molecule has 1 atom stereocenters. The molecule has 0 spiro atoms. The van der Waals surface area contributed by atoms with Crippen molar-refractivity contribution < 1.29 is 9.90 Å². The highest BCUT2D eigenvalue weighted by atomic mass is 35.5. The molecule has 0 heterocycles. The van der Waals surface area contributed by atoms with Gasteiger partial charge in [0.25, 0.3) is 0 Å². The van der Waals surface area contributed by atoms with E-state index in [4.69, 9.17) is 10.8 Å². The van der Waals surface area contributed by atoms with Crippen LogP contribution in [0.25, 0.3) is 0 Å². The van der Waals surface area contributed by atoms with Gasteiger partial charge in [0.15, 0.2) is 0 Å². The third kappa shape index (κ3) is 9.72. The first-order chi connectivity index (χ1) is 4.52. The summed E-state index contributed by atoms with van der Waals surface area (Å²) >= 11 is 0. The van der Waals surface area contributed by atoms with E-state index in [-0.39, 0.29) is 24.9 Å². The third-order valence-corrected chi connectivity index (χ3v) is 1.21. The number of aliphatic carboxylic acids is 1. The number of hydrogen-bond acceptors (Lipinski definition) is 2. The van der Waals surface area contributed by atoms with E-state index in [9.17, 15) is 4.79 Å². The summed E-state index contributed by atoms with van der Waals surface area (Å²) in [6, 6.07) is -0.183. The van der Waals surface area contributed by atoms with Gasteiger partial charge in [-0.05, 0) is 12.3 Å². The van der Waals surface area contributed by atoms with Crippen LogP contribution in [0.3, 0.4) is 0 Å². The van der Waals surface area contributed by atoms with Gasteiger partial charge in [0, 0.05) is 6.04 Å². The molecule has 0 aliphatic carbocycles. The molecule has 3 nitrogen and oxygen atoms in total. The van der Waals surface area contributed by atoms with Crippen molar-refractivity contribution in [3.8, 4) is 0 Å². The minimum atomic E-state index is -0.812. The fraction of sp³-hybridized carbons (Fsp3) is 0.857. The lowest BCUT2D eigenvalue weighted by atomic mass is 10.0. The Labute approximate surface area is 73.4 Å². The van der Waals surface area contributed by atoms with E-state index in [1.165, 1.54) is 0 Å². The van der Waals surface area contributed by atoms with Gasteiger partial charge in [-0.1, -0.05) is 13.8 Å². The molecule has 0 aliphatic rings. The zero-order chi connectivity index (χ0) is 8.15. The van der Waals surface area contributed by atoms with Crippen molar-refractivity contribution in [1.82, 2.24) is 0 Å². The van der Waals surface area contributed by atoms with E-state index < -0.39 is 5.97 Å². The molecule has 4 heteroatoms. The van der Waals surface area contributed by atoms with Gasteiger partial charge in [-0.3, -0.25) is 4.79 Å². The largest absolute Gasteiger partial charge is 0.481 e. The standard InChI is InChI=1S/C7H15NO2.ClH/c1-5(2)3-6(8)4-7(9)10;/h5-6H,3-4,8H2,1-2H3,(H,9,10);1H/t6-;/m1./s1. The Bertz CT molecular complexity index is 117. The number of nitrogens with two attached hydrogens (primary N) is 1. The molecule has 3 N–H and O–H groups in total. The first-order valence-electron chi connectivity index (χ1n) is 3.49. The van der Waals surface area contributed by atoms with Crippen LogP contribution in [-0.4, -0.2) is 17.1 Å². The molecule has 0 saturated heterocycles. The van der Waals surface area contributed by atoms with Crippen LogP contribution in [-0.2, 0) is 4.79 Å². The van der Waals surface area contributed by atoms with Gasteiger partial charge in [-0.25, -0.2) is 0 Å². The van der Waals surface area contributed by atoms with Gasteiger partial charge in [-0.2, -0.15) is 0 Å². The Kier molecular flexibility index (Phi) is 7.79. The maximum absolute atomic E-state index is 10.1. The second-order valence-corrected chi connectivity index (χ2v) is 2.99. The van der Waals surface area contributed by atoms with Crippen molar-refractivity contribution in [2.24, 2.45) is 11.7 Å². The van der Waals surface area contributed by atoms with E-state index >= 15 is 0 Å². The van der Waals surface area contributed by atoms with E-state index in [0.29, 0.717) is 5.92 Å². The predicted molar refractivity (Wildman–Crippen MR) is 46.9 cm³/mol. The summed E-state index contributed by atoms with van der Waals surface area (Å²) in [5.41, 5.74) is 5.49. The molecule has 0 bridgehead atoms. The number of rotatable bonds is 4. The molecule has 0 amide bonds. The van der Waals surface area contributed by atoms with Crippen LogP contribution in [0.2, 0.25) is 0 Å². The Morgan fingerprint density at radius 1 is 1.55 bits per heavy atom. The molecule has 0 rings (SSSR count). The first kappa shape index (κ1) is 13.3. The van der Waals surface area contributed by atoms with Crippen LogP contribution >= 0.6 is 12.4 Å². The molecule has 0 saturated carbocycles. The van der Waals surface area contributed by atoms with Crippen molar-refractivity contribution in [2.45, 2.75) is 32.7 Å². The van der Waals surface area contributed by atoms with Crippen LogP contribution in [0.15, 0.2) is 0 Å². The lowest BCUT2D eigenvalue weighted by Gasteiger charge is -2.10.